The molecule has 1 heterocycles. The first kappa shape index (κ1) is 8.68. The molecule has 4 heteroatoms. The van der Waals surface area contributed by atoms with Gasteiger partial charge in [0.05, 0.1) is 4.55 Å². The van der Waals surface area contributed by atoms with Gasteiger partial charge in [-0.3, -0.25) is 0 Å². The Hall–Kier alpha value is -0.910. The molecular weight excluding hydrogens is 277 g/mol. The molecule has 0 saturated carbocycles. The summed E-state index contributed by atoms with van der Waals surface area (Å²) < 4.78 is 2.64. The molecule has 3 nitrogen and oxygen atoms in total. The fourth-order valence-corrected chi connectivity index (χ4v) is 1.40. The molecule has 0 unspecified atom stereocenters. The summed E-state index contributed by atoms with van der Waals surface area (Å²) in [6.07, 6.45) is 1.74. The zero-order valence-corrected chi connectivity index (χ0v) is 9.05. The molecule has 1 aromatic heterocycles. The molecule has 0 aliphatic carbocycles. The van der Waals surface area contributed by atoms with Crippen molar-refractivity contribution in [1.29, 1.82) is 0 Å². The van der Waals surface area contributed by atoms with Crippen LogP contribution in [-0.4, -0.2) is 14.8 Å². The Bertz CT molecular complexity index is 383. The minimum atomic E-state index is 0.789. The second kappa shape index (κ2) is 3.87. The average Bonchev–Trinajstić information content (AvgIpc) is 2.67. The van der Waals surface area contributed by atoms with E-state index in [1.807, 2.05) is 35.0 Å². The highest BCUT2D eigenvalue weighted by Crippen LogP contribution is 2.12. The maximum absolute atomic E-state index is 4.30. The van der Waals surface area contributed by atoms with E-state index in [0.29, 0.717) is 0 Å². The number of benzene rings is 1. The van der Waals surface area contributed by atoms with E-state index in [1.165, 1.54) is 0 Å². The minimum absolute atomic E-state index is 0.789. The van der Waals surface area contributed by atoms with E-state index in [9.17, 15) is 0 Å². The molecule has 0 saturated heterocycles. The number of nitrogens with zero attached hydrogens (tertiary/aromatic N) is 3. The zero-order valence-electron chi connectivity index (χ0n) is 6.89. The second-order valence-electron chi connectivity index (χ2n) is 2.59. The van der Waals surface area contributed by atoms with Crippen LogP contribution >= 0.6 is 22.6 Å². The van der Waals surface area contributed by atoms with E-state index < -0.39 is 0 Å². The third-order valence-electron chi connectivity index (χ3n) is 1.69. The molecule has 0 N–H and O–H groups in total. The molecule has 0 atom stereocenters. The van der Waals surface area contributed by atoms with Gasteiger partial charge in [-0.25, -0.2) is 9.67 Å². The molecular formula is C9H8IN3. The Morgan fingerprint density at radius 2 is 2.00 bits per heavy atom. The number of hydrogen-bond donors (Lipinski definition) is 0. The summed E-state index contributed by atoms with van der Waals surface area (Å²) in [6, 6.07) is 9.97. The summed E-state index contributed by atoms with van der Waals surface area (Å²) >= 11 is 2.25. The van der Waals surface area contributed by atoms with Crippen molar-refractivity contribution in [3.8, 4) is 11.4 Å². The quantitative estimate of drug-likeness (QED) is 0.626. The minimum Gasteiger partial charge on any atom is -0.243 e. The van der Waals surface area contributed by atoms with Gasteiger partial charge in [-0.2, -0.15) is 5.10 Å². The number of halogens is 1. The summed E-state index contributed by atoms with van der Waals surface area (Å²) in [6.45, 7) is 0. The SMILES string of the molecule is ICn1cnc(-c2ccccc2)n1. The van der Waals surface area contributed by atoms with Crippen LogP contribution in [0.15, 0.2) is 36.7 Å². The van der Waals surface area contributed by atoms with Crippen LogP contribution in [0.25, 0.3) is 11.4 Å². The molecule has 0 bridgehead atoms. The van der Waals surface area contributed by atoms with E-state index in [0.717, 1.165) is 15.9 Å². The van der Waals surface area contributed by atoms with Gasteiger partial charge < -0.3 is 0 Å². The first-order chi connectivity index (χ1) is 6.40. The lowest BCUT2D eigenvalue weighted by molar-refractivity contribution is 0.768. The Kier molecular flexibility index (Phi) is 2.58. The third kappa shape index (κ3) is 1.88. The van der Waals surface area contributed by atoms with Crippen molar-refractivity contribution >= 4 is 22.6 Å². The largest absolute Gasteiger partial charge is 0.243 e. The van der Waals surface area contributed by atoms with Crippen molar-refractivity contribution in [1.82, 2.24) is 14.8 Å². The fourth-order valence-electron chi connectivity index (χ4n) is 1.07. The second-order valence-corrected chi connectivity index (χ2v) is 3.28. The molecule has 0 aliphatic heterocycles. The first-order valence-corrected chi connectivity index (χ1v) is 5.43. The standard InChI is InChI=1S/C9H8IN3/c10-6-13-7-11-9(12-13)8-4-2-1-3-5-8/h1-5,7H,6H2. The lowest BCUT2D eigenvalue weighted by Gasteiger charge is -1.92. The van der Waals surface area contributed by atoms with Crippen LogP contribution in [0.3, 0.4) is 0 Å². The van der Waals surface area contributed by atoms with Crippen LogP contribution in [-0.2, 0) is 4.55 Å². The molecule has 0 aliphatic rings. The topological polar surface area (TPSA) is 30.7 Å². The molecule has 0 amide bonds. The van der Waals surface area contributed by atoms with Crippen molar-refractivity contribution in [3.05, 3.63) is 36.7 Å². The molecule has 13 heavy (non-hydrogen) atoms. The maximum Gasteiger partial charge on any atom is 0.181 e. The Labute approximate surface area is 89.9 Å². The Morgan fingerprint density at radius 1 is 1.23 bits per heavy atom. The van der Waals surface area contributed by atoms with Gasteiger partial charge in [0, 0.05) is 5.56 Å². The lowest BCUT2D eigenvalue weighted by atomic mass is 10.2. The summed E-state index contributed by atoms with van der Waals surface area (Å²) in [5, 5.41) is 4.30. The van der Waals surface area contributed by atoms with Crippen LogP contribution < -0.4 is 0 Å². The first-order valence-electron chi connectivity index (χ1n) is 3.91. The van der Waals surface area contributed by atoms with Gasteiger partial charge in [-0.05, 0) is 0 Å². The van der Waals surface area contributed by atoms with Crippen LogP contribution in [0.5, 0.6) is 0 Å². The smallest absolute Gasteiger partial charge is 0.181 e. The van der Waals surface area contributed by atoms with E-state index in [-0.39, 0.29) is 0 Å². The zero-order chi connectivity index (χ0) is 9.10. The molecule has 0 spiro atoms. The number of aromatic nitrogens is 3. The van der Waals surface area contributed by atoms with Crippen molar-refractivity contribution in [2.45, 2.75) is 4.55 Å². The van der Waals surface area contributed by atoms with Gasteiger partial charge >= 0.3 is 0 Å². The summed E-state index contributed by atoms with van der Waals surface area (Å²) in [5.74, 6) is 0.789. The predicted octanol–water partition coefficient (Wildman–Crippen LogP) is 2.34. The molecule has 0 fully saturated rings. The van der Waals surface area contributed by atoms with Crippen LogP contribution in [0.1, 0.15) is 0 Å². The molecule has 1 aromatic carbocycles. The lowest BCUT2D eigenvalue weighted by Crippen LogP contribution is -1.91. The molecule has 0 radical (unpaired) electrons. The van der Waals surface area contributed by atoms with Gasteiger partial charge in [0.15, 0.2) is 5.82 Å². The van der Waals surface area contributed by atoms with Gasteiger partial charge in [-0.1, -0.05) is 52.9 Å². The predicted molar refractivity (Wildman–Crippen MR) is 59.5 cm³/mol. The van der Waals surface area contributed by atoms with E-state index in [4.69, 9.17) is 0 Å². The van der Waals surface area contributed by atoms with Crippen molar-refractivity contribution in [2.75, 3.05) is 0 Å². The highest BCUT2D eigenvalue weighted by Gasteiger charge is 2.01. The average molecular weight is 285 g/mol. The highest BCUT2D eigenvalue weighted by molar-refractivity contribution is 14.1. The van der Waals surface area contributed by atoms with Gasteiger partial charge in [0.25, 0.3) is 0 Å². The fraction of sp³-hybridized carbons (Fsp3) is 0.111. The summed E-state index contributed by atoms with van der Waals surface area (Å²) in [4.78, 5) is 4.20. The van der Waals surface area contributed by atoms with Gasteiger partial charge in [0.1, 0.15) is 6.33 Å². The van der Waals surface area contributed by atoms with Crippen molar-refractivity contribution < 1.29 is 0 Å². The monoisotopic (exact) mass is 285 g/mol. The number of hydrogen-bond acceptors (Lipinski definition) is 2. The van der Waals surface area contributed by atoms with Crippen LogP contribution in [0, 0.1) is 0 Å². The van der Waals surface area contributed by atoms with Gasteiger partial charge in [0.2, 0.25) is 0 Å². The van der Waals surface area contributed by atoms with Crippen molar-refractivity contribution in [3.63, 3.8) is 0 Å². The van der Waals surface area contributed by atoms with Crippen molar-refractivity contribution in [2.24, 2.45) is 0 Å². The number of alkyl halides is 1. The van der Waals surface area contributed by atoms with Crippen LogP contribution in [0.4, 0.5) is 0 Å². The summed E-state index contributed by atoms with van der Waals surface area (Å²) in [5.41, 5.74) is 1.06. The van der Waals surface area contributed by atoms with E-state index in [2.05, 4.69) is 32.7 Å². The Balaban J connectivity index is 2.36. The molecule has 2 aromatic rings. The molecule has 2 rings (SSSR count). The van der Waals surface area contributed by atoms with Gasteiger partial charge in [-0.15, -0.1) is 0 Å². The molecule has 66 valence electrons. The summed E-state index contributed by atoms with van der Waals surface area (Å²) in [7, 11) is 0. The van der Waals surface area contributed by atoms with E-state index in [1.54, 1.807) is 6.33 Å². The Morgan fingerprint density at radius 3 is 2.62 bits per heavy atom. The maximum atomic E-state index is 4.30. The highest BCUT2D eigenvalue weighted by atomic mass is 127. The van der Waals surface area contributed by atoms with Crippen LogP contribution in [0.2, 0.25) is 0 Å². The number of rotatable bonds is 2. The van der Waals surface area contributed by atoms with E-state index >= 15 is 0 Å². The normalized spacial score (nSPS) is 10.2. The third-order valence-corrected chi connectivity index (χ3v) is 2.39.